The summed E-state index contributed by atoms with van der Waals surface area (Å²) >= 11 is 0. The van der Waals surface area contributed by atoms with Crippen molar-refractivity contribution in [2.75, 3.05) is 11.4 Å². The van der Waals surface area contributed by atoms with E-state index in [2.05, 4.69) is 5.32 Å². The van der Waals surface area contributed by atoms with Crippen LogP contribution in [0.4, 0.5) is 11.4 Å². The molecule has 0 radical (unpaired) electrons. The zero-order valence-corrected chi connectivity index (χ0v) is 13.8. The highest BCUT2D eigenvalue weighted by atomic mass is 16.2. The van der Waals surface area contributed by atoms with E-state index in [1.807, 2.05) is 24.3 Å². The molecule has 1 atom stereocenters. The van der Waals surface area contributed by atoms with Gasteiger partial charge in [-0.15, -0.1) is 0 Å². The van der Waals surface area contributed by atoms with E-state index >= 15 is 0 Å². The third-order valence-corrected chi connectivity index (χ3v) is 5.35. The molecular weight excluding hydrogens is 302 g/mol. The van der Waals surface area contributed by atoms with Crippen molar-refractivity contribution in [3.8, 4) is 0 Å². The lowest BCUT2D eigenvalue weighted by atomic mass is 10.1. The smallest absolute Gasteiger partial charge is 0.240 e. The van der Waals surface area contributed by atoms with Gasteiger partial charge in [0.05, 0.1) is 17.3 Å². The van der Waals surface area contributed by atoms with E-state index in [1.165, 1.54) is 12.8 Å². The Morgan fingerprint density at radius 3 is 2.79 bits per heavy atom. The molecule has 24 heavy (non-hydrogen) atoms. The summed E-state index contributed by atoms with van der Waals surface area (Å²) in [6.45, 7) is 0.0889. The Balaban J connectivity index is 1.59. The number of carbonyl (C=O) groups excluding carboxylic acids is 2. The molecule has 2 fully saturated rings. The molecule has 0 unspecified atom stereocenters. The van der Waals surface area contributed by atoms with E-state index in [0.717, 1.165) is 49.2 Å². The molecule has 0 saturated heterocycles. The number of fused-ring (bicyclic) bond motifs is 2. The van der Waals surface area contributed by atoms with E-state index in [4.69, 9.17) is 4.99 Å². The third kappa shape index (κ3) is 2.83. The molecule has 3 aliphatic rings. The van der Waals surface area contributed by atoms with Crippen LogP contribution in [0.3, 0.4) is 0 Å². The van der Waals surface area contributed by atoms with Gasteiger partial charge in [-0.3, -0.25) is 14.6 Å². The van der Waals surface area contributed by atoms with Gasteiger partial charge in [0.2, 0.25) is 11.8 Å². The minimum absolute atomic E-state index is 0.0257. The molecule has 1 N–H and O–H groups in total. The van der Waals surface area contributed by atoms with Gasteiger partial charge >= 0.3 is 0 Å². The molecule has 5 nitrogen and oxygen atoms in total. The topological polar surface area (TPSA) is 61.8 Å². The largest absolute Gasteiger partial charge is 0.352 e. The lowest BCUT2D eigenvalue weighted by Crippen LogP contribution is -2.45. The number of nitrogens with zero attached hydrogens (tertiary/aromatic N) is 2. The molecular formula is C19H23N3O2. The molecule has 2 amide bonds. The summed E-state index contributed by atoms with van der Waals surface area (Å²) in [7, 11) is 0. The van der Waals surface area contributed by atoms with Crippen molar-refractivity contribution in [2.24, 2.45) is 10.9 Å². The number of para-hydroxylation sites is 2. The highest BCUT2D eigenvalue weighted by Crippen LogP contribution is 2.37. The van der Waals surface area contributed by atoms with Crippen LogP contribution in [0.15, 0.2) is 29.3 Å². The van der Waals surface area contributed by atoms with E-state index < -0.39 is 0 Å². The Labute approximate surface area is 142 Å². The van der Waals surface area contributed by atoms with Crippen molar-refractivity contribution in [3.05, 3.63) is 24.3 Å². The number of benzene rings is 1. The van der Waals surface area contributed by atoms with Crippen molar-refractivity contribution >= 4 is 28.9 Å². The van der Waals surface area contributed by atoms with Crippen LogP contribution >= 0.6 is 0 Å². The van der Waals surface area contributed by atoms with Gasteiger partial charge in [0.1, 0.15) is 6.54 Å². The number of nitrogens with one attached hydrogen (secondary N) is 1. The normalized spacial score (nSPS) is 23.5. The second kappa shape index (κ2) is 6.38. The molecule has 1 aromatic carbocycles. The maximum Gasteiger partial charge on any atom is 0.240 e. The van der Waals surface area contributed by atoms with Gasteiger partial charge in [-0.2, -0.15) is 0 Å². The summed E-state index contributed by atoms with van der Waals surface area (Å²) in [5, 5.41) is 3.09. The molecule has 2 aliphatic carbocycles. The van der Waals surface area contributed by atoms with Crippen LogP contribution in [0.1, 0.15) is 44.9 Å². The Morgan fingerprint density at radius 2 is 1.96 bits per heavy atom. The van der Waals surface area contributed by atoms with E-state index in [9.17, 15) is 9.59 Å². The van der Waals surface area contributed by atoms with Crippen molar-refractivity contribution in [1.82, 2.24) is 5.32 Å². The average Bonchev–Trinajstić information content (AvgIpc) is 3.23. The van der Waals surface area contributed by atoms with Gasteiger partial charge in [-0.25, -0.2) is 0 Å². The van der Waals surface area contributed by atoms with Gasteiger partial charge in [0.15, 0.2) is 0 Å². The first-order valence-corrected chi connectivity index (χ1v) is 8.99. The van der Waals surface area contributed by atoms with Crippen LogP contribution in [-0.2, 0) is 9.59 Å². The summed E-state index contributed by atoms with van der Waals surface area (Å²) in [6.07, 6.45) is 7.17. The minimum atomic E-state index is -0.156. The maximum atomic E-state index is 13.0. The predicted octanol–water partition coefficient (Wildman–Crippen LogP) is 2.96. The predicted molar refractivity (Wildman–Crippen MR) is 93.6 cm³/mol. The highest BCUT2D eigenvalue weighted by Gasteiger charge is 2.37. The maximum absolute atomic E-state index is 13.0. The number of amides is 2. The second-order valence-electron chi connectivity index (χ2n) is 7.01. The molecule has 4 rings (SSSR count). The van der Waals surface area contributed by atoms with Gasteiger partial charge in [-0.1, -0.05) is 25.0 Å². The fourth-order valence-electron chi connectivity index (χ4n) is 4.13. The lowest BCUT2D eigenvalue weighted by Gasteiger charge is -2.25. The first-order valence-electron chi connectivity index (χ1n) is 8.99. The SMILES string of the molecule is O=C(CN1C(=O)[C@@H]2CCCC2=Nc2ccccc21)NC1CCCC1. The minimum Gasteiger partial charge on any atom is -0.352 e. The molecule has 1 aliphatic heterocycles. The monoisotopic (exact) mass is 325 g/mol. The van der Waals surface area contributed by atoms with E-state index in [0.29, 0.717) is 0 Å². The number of hydrogen-bond acceptors (Lipinski definition) is 3. The summed E-state index contributed by atoms with van der Waals surface area (Å²) in [4.78, 5) is 31.9. The number of anilines is 1. The van der Waals surface area contributed by atoms with Crippen LogP contribution in [-0.4, -0.2) is 30.1 Å². The zero-order chi connectivity index (χ0) is 16.5. The Morgan fingerprint density at radius 1 is 1.17 bits per heavy atom. The average molecular weight is 325 g/mol. The van der Waals surface area contributed by atoms with Crippen LogP contribution in [0.2, 0.25) is 0 Å². The molecule has 0 aromatic heterocycles. The Hall–Kier alpha value is -2.17. The van der Waals surface area contributed by atoms with Crippen molar-refractivity contribution in [2.45, 2.75) is 51.0 Å². The summed E-state index contributed by atoms with van der Waals surface area (Å²) in [5.74, 6) is -0.194. The Bertz CT molecular complexity index is 692. The number of aliphatic imine (C=N–C) groups is 1. The first-order chi connectivity index (χ1) is 11.7. The fourth-order valence-corrected chi connectivity index (χ4v) is 4.13. The van der Waals surface area contributed by atoms with Gasteiger partial charge < -0.3 is 10.2 Å². The number of hydrogen-bond donors (Lipinski definition) is 1. The van der Waals surface area contributed by atoms with Crippen molar-refractivity contribution < 1.29 is 9.59 Å². The highest BCUT2D eigenvalue weighted by molar-refractivity contribution is 6.16. The molecule has 1 heterocycles. The Kier molecular flexibility index (Phi) is 4.08. The van der Waals surface area contributed by atoms with Gasteiger partial charge in [-0.05, 0) is 44.2 Å². The molecule has 2 saturated carbocycles. The molecule has 5 heteroatoms. The fraction of sp³-hybridized carbons (Fsp3) is 0.526. The van der Waals surface area contributed by atoms with Gasteiger partial charge in [0.25, 0.3) is 0 Å². The molecule has 126 valence electrons. The summed E-state index contributed by atoms with van der Waals surface area (Å²) < 4.78 is 0. The van der Waals surface area contributed by atoms with E-state index in [-0.39, 0.29) is 30.3 Å². The van der Waals surface area contributed by atoms with Crippen LogP contribution in [0, 0.1) is 5.92 Å². The zero-order valence-electron chi connectivity index (χ0n) is 13.8. The molecule has 0 bridgehead atoms. The third-order valence-electron chi connectivity index (χ3n) is 5.35. The van der Waals surface area contributed by atoms with Crippen LogP contribution < -0.4 is 10.2 Å². The van der Waals surface area contributed by atoms with Crippen LogP contribution in [0.25, 0.3) is 0 Å². The van der Waals surface area contributed by atoms with Crippen molar-refractivity contribution in [1.29, 1.82) is 0 Å². The van der Waals surface area contributed by atoms with E-state index in [1.54, 1.807) is 4.90 Å². The second-order valence-corrected chi connectivity index (χ2v) is 7.01. The standard InChI is InChI=1S/C19H23N3O2/c23-18(20-13-6-1-2-7-13)12-22-17-11-4-3-9-16(17)21-15-10-5-8-14(15)19(22)24/h3-4,9,11,13-14H,1-2,5-8,10,12H2,(H,20,23)/t14-/m1/s1. The summed E-state index contributed by atoms with van der Waals surface area (Å²) in [5.41, 5.74) is 2.54. The summed E-state index contributed by atoms with van der Waals surface area (Å²) in [6, 6.07) is 7.92. The number of rotatable bonds is 3. The molecule has 0 spiro atoms. The van der Waals surface area contributed by atoms with Crippen LogP contribution in [0.5, 0.6) is 0 Å². The quantitative estimate of drug-likeness (QED) is 0.928. The first kappa shape index (κ1) is 15.4. The molecule has 1 aromatic rings. The van der Waals surface area contributed by atoms with Crippen molar-refractivity contribution in [3.63, 3.8) is 0 Å². The number of carbonyl (C=O) groups is 2. The van der Waals surface area contributed by atoms with Gasteiger partial charge in [0, 0.05) is 11.8 Å². The lowest BCUT2D eigenvalue weighted by molar-refractivity contribution is -0.125.